The van der Waals surface area contributed by atoms with Gasteiger partial charge in [-0.3, -0.25) is 14.7 Å². The van der Waals surface area contributed by atoms with Gasteiger partial charge in [-0.25, -0.2) is 0 Å². The van der Waals surface area contributed by atoms with Crippen molar-refractivity contribution in [1.82, 2.24) is 20.0 Å². The molecule has 0 saturated carbocycles. The molecule has 0 unspecified atom stereocenters. The van der Waals surface area contributed by atoms with E-state index in [9.17, 15) is 18.0 Å². The number of nitrogens with zero attached hydrogens (tertiary/aromatic N) is 4. The van der Waals surface area contributed by atoms with Crippen molar-refractivity contribution in [3.8, 4) is 0 Å². The topological polar surface area (TPSA) is 64.3 Å². The number of piperazine rings is 1. The second-order valence-corrected chi connectivity index (χ2v) is 6.44. The SMILES string of the molecule is CN=C(NCCCN(C)CC(F)(F)F)N1CCN(C(=O)c2ccco2)CC1. The molecule has 7 nitrogen and oxygen atoms in total. The summed E-state index contributed by atoms with van der Waals surface area (Å²) in [5.41, 5.74) is 0. The highest BCUT2D eigenvalue weighted by Gasteiger charge is 2.29. The molecule has 0 atom stereocenters. The Labute approximate surface area is 156 Å². The fourth-order valence-corrected chi connectivity index (χ4v) is 2.94. The monoisotopic (exact) mass is 389 g/mol. The van der Waals surface area contributed by atoms with Gasteiger partial charge in [-0.15, -0.1) is 0 Å². The highest BCUT2D eigenvalue weighted by molar-refractivity contribution is 5.91. The van der Waals surface area contributed by atoms with E-state index in [1.165, 1.54) is 18.2 Å². The Bertz CT molecular complexity index is 611. The van der Waals surface area contributed by atoms with Gasteiger partial charge in [0.15, 0.2) is 11.7 Å². The van der Waals surface area contributed by atoms with E-state index in [0.717, 1.165) is 0 Å². The number of hydrogen-bond donors (Lipinski definition) is 1. The fraction of sp³-hybridized carbons (Fsp3) is 0.647. The number of rotatable bonds is 6. The quantitative estimate of drug-likeness (QED) is 0.454. The lowest BCUT2D eigenvalue weighted by molar-refractivity contribution is -0.143. The summed E-state index contributed by atoms with van der Waals surface area (Å²) < 4.78 is 42.1. The fourth-order valence-electron chi connectivity index (χ4n) is 2.94. The summed E-state index contributed by atoms with van der Waals surface area (Å²) in [7, 11) is 3.12. The number of halogens is 3. The highest BCUT2D eigenvalue weighted by Crippen LogP contribution is 2.15. The highest BCUT2D eigenvalue weighted by atomic mass is 19.4. The van der Waals surface area contributed by atoms with Crippen molar-refractivity contribution >= 4 is 11.9 Å². The van der Waals surface area contributed by atoms with E-state index in [2.05, 4.69) is 10.3 Å². The first kappa shape index (κ1) is 21.1. The van der Waals surface area contributed by atoms with Gasteiger partial charge in [-0.05, 0) is 32.1 Å². The lowest BCUT2D eigenvalue weighted by Crippen LogP contribution is -2.54. The van der Waals surface area contributed by atoms with Gasteiger partial charge in [-0.2, -0.15) is 13.2 Å². The third-order valence-corrected chi connectivity index (χ3v) is 4.26. The number of guanidine groups is 1. The average molecular weight is 389 g/mol. The minimum absolute atomic E-state index is 0.129. The van der Waals surface area contributed by atoms with Gasteiger partial charge in [0, 0.05) is 39.8 Å². The average Bonchev–Trinajstić information content (AvgIpc) is 3.14. The Morgan fingerprint density at radius 2 is 1.96 bits per heavy atom. The summed E-state index contributed by atoms with van der Waals surface area (Å²) in [6.07, 6.45) is -2.13. The molecule has 0 radical (unpaired) electrons. The van der Waals surface area contributed by atoms with Gasteiger partial charge in [0.2, 0.25) is 0 Å². The van der Waals surface area contributed by atoms with Crippen LogP contribution in [-0.2, 0) is 0 Å². The van der Waals surface area contributed by atoms with Crippen LogP contribution in [0.4, 0.5) is 13.2 Å². The molecule has 27 heavy (non-hydrogen) atoms. The van der Waals surface area contributed by atoms with Crippen LogP contribution in [0.5, 0.6) is 0 Å². The molecule has 1 N–H and O–H groups in total. The van der Waals surface area contributed by atoms with Crippen LogP contribution in [0.15, 0.2) is 27.8 Å². The third-order valence-electron chi connectivity index (χ3n) is 4.26. The Balaban J connectivity index is 1.70. The first-order chi connectivity index (χ1) is 12.8. The normalized spacial score (nSPS) is 16.1. The lowest BCUT2D eigenvalue weighted by atomic mass is 10.3. The van der Waals surface area contributed by atoms with E-state index in [1.807, 2.05) is 4.90 Å². The summed E-state index contributed by atoms with van der Waals surface area (Å²) in [6.45, 7) is 2.31. The Morgan fingerprint density at radius 3 is 2.52 bits per heavy atom. The Kier molecular flexibility index (Phi) is 7.52. The van der Waals surface area contributed by atoms with E-state index < -0.39 is 12.7 Å². The molecule has 0 spiro atoms. The van der Waals surface area contributed by atoms with Crippen LogP contribution in [0.2, 0.25) is 0 Å². The number of furan rings is 1. The number of carbonyl (C=O) groups excluding carboxylic acids is 1. The smallest absolute Gasteiger partial charge is 0.401 e. The van der Waals surface area contributed by atoms with Gasteiger partial charge in [-0.1, -0.05) is 0 Å². The molecule has 1 saturated heterocycles. The zero-order chi connectivity index (χ0) is 19.9. The largest absolute Gasteiger partial charge is 0.459 e. The van der Waals surface area contributed by atoms with Crippen molar-refractivity contribution in [2.45, 2.75) is 12.6 Å². The van der Waals surface area contributed by atoms with Crippen molar-refractivity contribution in [2.75, 3.05) is 59.9 Å². The van der Waals surface area contributed by atoms with Crippen LogP contribution in [0.3, 0.4) is 0 Å². The molecule has 2 rings (SSSR count). The van der Waals surface area contributed by atoms with Crippen molar-refractivity contribution < 1.29 is 22.4 Å². The van der Waals surface area contributed by atoms with Crippen molar-refractivity contribution in [2.24, 2.45) is 4.99 Å². The first-order valence-electron chi connectivity index (χ1n) is 8.84. The Hall–Kier alpha value is -2.23. The second kappa shape index (κ2) is 9.63. The van der Waals surface area contributed by atoms with E-state index in [-0.39, 0.29) is 5.91 Å². The molecule has 1 amide bonds. The summed E-state index contributed by atoms with van der Waals surface area (Å²) in [4.78, 5) is 21.5. The zero-order valence-electron chi connectivity index (χ0n) is 15.6. The molecule has 0 aromatic carbocycles. The molecular weight excluding hydrogens is 363 g/mol. The van der Waals surface area contributed by atoms with Crippen LogP contribution < -0.4 is 5.32 Å². The number of aliphatic imine (C=N–C) groups is 1. The Morgan fingerprint density at radius 1 is 1.30 bits per heavy atom. The number of nitrogens with one attached hydrogen (secondary N) is 1. The van der Waals surface area contributed by atoms with Crippen LogP contribution in [0.1, 0.15) is 17.0 Å². The molecule has 2 heterocycles. The van der Waals surface area contributed by atoms with Crippen molar-refractivity contribution in [3.05, 3.63) is 24.2 Å². The maximum atomic E-state index is 12.3. The van der Waals surface area contributed by atoms with Crippen molar-refractivity contribution in [3.63, 3.8) is 0 Å². The van der Waals surface area contributed by atoms with Gasteiger partial charge in [0.25, 0.3) is 5.91 Å². The van der Waals surface area contributed by atoms with Gasteiger partial charge in [0.05, 0.1) is 12.8 Å². The van der Waals surface area contributed by atoms with E-state index in [1.54, 1.807) is 24.1 Å². The van der Waals surface area contributed by atoms with E-state index >= 15 is 0 Å². The molecule has 152 valence electrons. The van der Waals surface area contributed by atoms with Crippen molar-refractivity contribution in [1.29, 1.82) is 0 Å². The van der Waals surface area contributed by atoms with Crippen LogP contribution in [0, 0.1) is 0 Å². The van der Waals surface area contributed by atoms with Gasteiger partial charge >= 0.3 is 6.18 Å². The second-order valence-electron chi connectivity index (χ2n) is 6.44. The molecule has 1 aromatic heterocycles. The molecule has 0 bridgehead atoms. The molecule has 1 aliphatic heterocycles. The minimum atomic E-state index is -4.18. The molecular formula is C17H26F3N5O2. The molecule has 10 heteroatoms. The number of hydrogen-bond acceptors (Lipinski definition) is 4. The summed E-state index contributed by atoms with van der Waals surface area (Å²) in [6, 6.07) is 3.33. The summed E-state index contributed by atoms with van der Waals surface area (Å²) in [5.74, 6) is 0.891. The van der Waals surface area contributed by atoms with Crippen LogP contribution >= 0.6 is 0 Å². The first-order valence-corrected chi connectivity index (χ1v) is 8.84. The number of amides is 1. The lowest BCUT2D eigenvalue weighted by Gasteiger charge is -2.36. The number of carbonyl (C=O) groups is 1. The molecule has 0 aliphatic carbocycles. The maximum Gasteiger partial charge on any atom is 0.401 e. The summed E-state index contributed by atoms with van der Waals surface area (Å²) in [5, 5.41) is 3.17. The van der Waals surface area contributed by atoms with Gasteiger partial charge in [0.1, 0.15) is 0 Å². The van der Waals surface area contributed by atoms with Crippen LogP contribution in [-0.4, -0.2) is 92.7 Å². The third kappa shape index (κ3) is 6.78. The van der Waals surface area contributed by atoms with E-state index in [0.29, 0.717) is 57.4 Å². The maximum absolute atomic E-state index is 12.3. The standard InChI is InChI=1S/C17H26F3N5O2/c1-21-16(22-6-4-7-23(2)13-17(18,19)20)25-10-8-24(9-11-25)15(26)14-5-3-12-27-14/h3,5,12H,4,6-11,13H2,1-2H3,(H,21,22). The molecule has 1 aliphatic rings. The van der Waals surface area contributed by atoms with E-state index in [4.69, 9.17) is 4.42 Å². The predicted octanol–water partition coefficient (Wildman–Crippen LogP) is 1.50. The predicted molar refractivity (Wildman–Crippen MR) is 95.7 cm³/mol. The zero-order valence-corrected chi connectivity index (χ0v) is 15.6. The van der Waals surface area contributed by atoms with Gasteiger partial charge < -0.3 is 19.5 Å². The number of alkyl halides is 3. The molecule has 1 aromatic rings. The summed E-state index contributed by atoms with van der Waals surface area (Å²) >= 11 is 0. The minimum Gasteiger partial charge on any atom is -0.459 e. The van der Waals surface area contributed by atoms with Crippen LogP contribution in [0.25, 0.3) is 0 Å². The molecule has 1 fully saturated rings.